The summed E-state index contributed by atoms with van der Waals surface area (Å²) in [5.74, 6) is -0.354. The van der Waals surface area contributed by atoms with E-state index in [2.05, 4.69) is 5.32 Å². The highest BCUT2D eigenvalue weighted by molar-refractivity contribution is 5.89. The molecule has 0 atom stereocenters. The molecule has 0 bridgehead atoms. The monoisotopic (exact) mass is 282 g/mol. The number of nitrogens with one attached hydrogen (secondary N) is 1. The Kier molecular flexibility index (Phi) is 4.57. The van der Waals surface area contributed by atoms with Crippen LogP contribution in [0.15, 0.2) is 24.3 Å². The summed E-state index contributed by atoms with van der Waals surface area (Å²) in [5.41, 5.74) is -0.380. The number of carbonyl (C=O) groups excluding carboxylic acids is 1. The molecule has 1 saturated heterocycles. The van der Waals surface area contributed by atoms with Crippen molar-refractivity contribution in [3.63, 3.8) is 0 Å². The minimum atomic E-state index is -0.896. The van der Waals surface area contributed by atoms with Crippen LogP contribution in [0.4, 0.5) is 14.9 Å². The second-order valence-electron chi connectivity index (χ2n) is 5.13. The molecule has 20 heavy (non-hydrogen) atoms. The number of urea groups is 1. The van der Waals surface area contributed by atoms with Crippen LogP contribution in [0.3, 0.4) is 0 Å². The van der Waals surface area contributed by atoms with E-state index in [0.717, 1.165) is 0 Å². The fraction of sp³-hybridized carbons (Fsp3) is 0.500. The van der Waals surface area contributed by atoms with Crippen LogP contribution in [-0.2, 0) is 4.74 Å². The highest BCUT2D eigenvalue weighted by atomic mass is 19.1. The molecule has 1 aliphatic heterocycles. The van der Waals surface area contributed by atoms with Crippen molar-refractivity contribution in [1.29, 1.82) is 0 Å². The van der Waals surface area contributed by atoms with Gasteiger partial charge in [-0.1, -0.05) is 0 Å². The first kappa shape index (κ1) is 14.7. The van der Waals surface area contributed by atoms with Crippen LogP contribution in [0, 0.1) is 5.82 Å². The zero-order chi connectivity index (χ0) is 14.6. The third-order valence-corrected chi connectivity index (χ3v) is 3.40. The van der Waals surface area contributed by atoms with Gasteiger partial charge in [0.05, 0.1) is 12.1 Å². The molecule has 0 aromatic heterocycles. The average Bonchev–Trinajstić information content (AvgIpc) is 2.41. The van der Waals surface area contributed by atoms with Crippen molar-refractivity contribution < 1.29 is 19.0 Å². The van der Waals surface area contributed by atoms with Crippen molar-refractivity contribution in [2.45, 2.75) is 18.4 Å². The molecule has 1 aromatic rings. The molecule has 1 aliphatic rings. The van der Waals surface area contributed by atoms with Crippen LogP contribution in [-0.4, -0.2) is 48.4 Å². The molecule has 0 unspecified atom stereocenters. The Labute approximate surface area is 117 Å². The normalized spacial score (nSPS) is 17.6. The number of halogens is 1. The van der Waals surface area contributed by atoms with Crippen molar-refractivity contribution in [3.05, 3.63) is 30.1 Å². The lowest BCUT2D eigenvalue weighted by atomic mass is 9.94. The number of amides is 2. The highest BCUT2D eigenvalue weighted by Crippen LogP contribution is 2.21. The fourth-order valence-electron chi connectivity index (χ4n) is 2.17. The van der Waals surface area contributed by atoms with E-state index in [1.165, 1.54) is 29.2 Å². The van der Waals surface area contributed by atoms with Crippen LogP contribution >= 0.6 is 0 Å². The second kappa shape index (κ2) is 6.19. The Hall–Kier alpha value is -1.66. The lowest BCUT2D eigenvalue weighted by Crippen LogP contribution is -2.48. The van der Waals surface area contributed by atoms with Crippen LogP contribution < -0.4 is 5.32 Å². The molecule has 2 rings (SSSR count). The van der Waals surface area contributed by atoms with Gasteiger partial charge in [0.25, 0.3) is 0 Å². The molecule has 0 spiro atoms. The van der Waals surface area contributed by atoms with Crippen LogP contribution in [0.25, 0.3) is 0 Å². The molecule has 1 fully saturated rings. The Balaban J connectivity index is 1.89. The second-order valence-corrected chi connectivity index (χ2v) is 5.13. The third kappa shape index (κ3) is 3.91. The molecule has 0 saturated carbocycles. The molecule has 2 amide bonds. The lowest BCUT2D eigenvalue weighted by Gasteiger charge is -2.35. The fourth-order valence-corrected chi connectivity index (χ4v) is 2.17. The van der Waals surface area contributed by atoms with E-state index in [1.807, 2.05) is 0 Å². The number of rotatable bonds is 3. The van der Waals surface area contributed by atoms with Crippen LogP contribution in [0.1, 0.15) is 12.8 Å². The number of benzene rings is 1. The van der Waals surface area contributed by atoms with Gasteiger partial charge < -0.3 is 20.1 Å². The van der Waals surface area contributed by atoms with Crippen molar-refractivity contribution in [1.82, 2.24) is 4.90 Å². The number of hydrogen-bond donors (Lipinski definition) is 2. The number of aliphatic hydroxyl groups is 1. The van der Waals surface area contributed by atoms with E-state index in [0.29, 0.717) is 31.7 Å². The average molecular weight is 282 g/mol. The number of carbonyl (C=O) groups is 1. The zero-order valence-corrected chi connectivity index (χ0v) is 11.4. The van der Waals surface area contributed by atoms with Crippen molar-refractivity contribution in [2.75, 3.05) is 32.1 Å². The first-order valence-corrected chi connectivity index (χ1v) is 6.56. The van der Waals surface area contributed by atoms with E-state index < -0.39 is 5.60 Å². The largest absolute Gasteiger partial charge is 0.388 e. The zero-order valence-electron chi connectivity index (χ0n) is 11.4. The van der Waals surface area contributed by atoms with Crippen LogP contribution in [0.5, 0.6) is 0 Å². The summed E-state index contributed by atoms with van der Waals surface area (Å²) in [5, 5.41) is 13.0. The maximum absolute atomic E-state index is 12.8. The predicted octanol–water partition coefficient (Wildman–Crippen LogP) is 1.83. The summed E-state index contributed by atoms with van der Waals surface area (Å²) in [6.07, 6.45) is 1.03. The van der Waals surface area contributed by atoms with E-state index in [9.17, 15) is 14.3 Å². The topological polar surface area (TPSA) is 61.8 Å². The molecule has 1 aromatic carbocycles. The van der Waals surface area contributed by atoms with Gasteiger partial charge in [0.15, 0.2) is 0 Å². The van der Waals surface area contributed by atoms with Gasteiger partial charge in [0.1, 0.15) is 5.82 Å². The Morgan fingerprint density at radius 3 is 2.60 bits per heavy atom. The molecule has 0 radical (unpaired) electrons. The minimum absolute atomic E-state index is 0.239. The van der Waals surface area contributed by atoms with Gasteiger partial charge in [-0.2, -0.15) is 0 Å². The number of likely N-dealkylation sites (N-methyl/N-ethyl adjacent to an activating group) is 1. The van der Waals surface area contributed by atoms with Gasteiger partial charge in [-0.3, -0.25) is 0 Å². The van der Waals surface area contributed by atoms with Crippen molar-refractivity contribution >= 4 is 11.7 Å². The van der Waals surface area contributed by atoms with E-state index in [-0.39, 0.29) is 18.4 Å². The number of nitrogens with zero attached hydrogens (tertiary/aromatic N) is 1. The van der Waals surface area contributed by atoms with Gasteiger partial charge in [-0.25, -0.2) is 9.18 Å². The summed E-state index contributed by atoms with van der Waals surface area (Å²) >= 11 is 0. The van der Waals surface area contributed by atoms with E-state index in [4.69, 9.17) is 4.74 Å². The minimum Gasteiger partial charge on any atom is -0.388 e. The molecule has 0 aliphatic carbocycles. The molecule has 110 valence electrons. The number of hydrogen-bond acceptors (Lipinski definition) is 3. The van der Waals surface area contributed by atoms with Crippen molar-refractivity contribution in [2.24, 2.45) is 0 Å². The van der Waals surface area contributed by atoms with Crippen molar-refractivity contribution in [3.8, 4) is 0 Å². The lowest BCUT2D eigenvalue weighted by molar-refractivity contribution is -0.0717. The number of ether oxygens (including phenoxy) is 1. The van der Waals surface area contributed by atoms with Gasteiger partial charge >= 0.3 is 6.03 Å². The summed E-state index contributed by atoms with van der Waals surface area (Å²) in [6, 6.07) is 5.20. The molecule has 6 heteroatoms. The highest BCUT2D eigenvalue weighted by Gasteiger charge is 2.32. The Bertz CT molecular complexity index is 458. The SMILES string of the molecule is CN(CC1(O)CCOCC1)C(=O)Nc1ccc(F)cc1. The van der Waals surface area contributed by atoms with E-state index in [1.54, 1.807) is 7.05 Å². The maximum Gasteiger partial charge on any atom is 0.321 e. The number of anilines is 1. The first-order valence-electron chi connectivity index (χ1n) is 6.56. The van der Waals surface area contributed by atoms with E-state index >= 15 is 0 Å². The third-order valence-electron chi connectivity index (χ3n) is 3.40. The first-order chi connectivity index (χ1) is 9.48. The molecular formula is C14H19FN2O3. The summed E-state index contributed by atoms with van der Waals surface area (Å²) in [6.45, 7) is 1.25. The van der Waals surface area contributed by atoms with Gasteiger partial charge in [-0.15, -0.1) is 0 Å². The molecular weight excluding hydrogens is 263 g/mol. The molecule has 5 nitrogen and oxygen atoms in total. The van der Waals surface area contributed by atoms with Gasteiger partial charge in [0.2, 0.25) is 0 Å². The summed E-state index contributed by atoms with van der Waals surface area (Å²) in [7, 11) is 1.62. The van der Waals surface area contributed by atoms with Gasteiger partial charge in [0, 0.05) is 38.8 Å². The smallest absolute Gasteiger partial charge is 0.321 e. The standard InChI is InChI=1S/C14H19FN2O3/c1-17(10-14(19)6-8-20-9-7-14)13(18)16-12-4-2-11(15)3-5-12/h2-5,19H,6-10H2,1H3,(H,16,18). The van der Waals surface area contributed by atoms with Gasteiger partial charge in [-0.05, 0) is 24.3 Å². The summed E-state index contributed by atoms with van der Waals surface area (Å²) in [4.78, 5) is 13.4. The molecule has 2 N–H and O–H groups in total. The Morgan fingerprint density at radius 2 is 2.00 bits per heavy atom. The Morgan fingerprint density at radius 1 is 1.40 bits per heavy atom. The molecule has 1 heterocycles. The summed E-state index contributed by atoms with van der Waals surface area (Å²) < 4.78 is 18.0. The maximum atomic E-state index is 12.8. The van der Waals surface area contributed by atoms with Crippen LogP contribution in [0.2, 0.25) is 0 Å². The quantitative estimate of drug-likeness (QED) is 0.889. The predicted molar refractivity (Wildman–Crippen MR) is 73.1 cm³/mol.